The van der Waals surface area contributed by atoms with Crippen LogP contribution in [-0.4, -0.2) is 47.7 Å². The molecule has 3 N–H and O–H groups in total. The minimum absolute atomic E-state index is 0.00863. The number of carboxylic acids is 1. The first-order chi connectivity index (χ1) is 30.3. The summed E-state index contributed by atoms with van der Waals surface area (Å²) in [4.78, 5) is 40.4. The molecule has 0 fully saturated rings. The molecule has 0 aromatic heterocycles. The number of nitrogens with zero attached hydrogens (tertiary/aromatic N) is 2. The van der Waals surface area contributed by atoms with Crippen LogP contribution in [0.5, 0.6) is 11.5 Å². The van der Waals surface area contributed by atoms with Gasteiger partial charge in [0.15, 0.2) is 0 Å². The van der Waals surface area contributed by atoms with E-state index in [1.165, 1.54) is 6.07 Å². The topological polar surface area (TPSA) is 175 Å². The van der Waals surface area contributed by atoms with E-state index < -0.39 is 46.0 Å². The van der Waals surface area contributed by atoms with Crippen molar-refractivity contribution in [1.82, 2.24) is 9.62 Å². The van der Waals surface area contributed by atoms with Crippen molar-refractivity contribution in [3.05, 3.63) is 176 Å². The lowest BCUT2D eigenvalue weighted by atomic mass is 9.93. The molecule has 0 radical (unpaired) electrons. The molecule has 15 heteroatoms. The molecule has 0 saturated heterocycles. The molecule has 0 spiro atoms. The number of carbonyl (C=O) groups excluding carboxylic acids is 2. The van der Waals surface area contributed by atoms with Gasteiger partial charge in [-0.2, -0.15) is 9.57 Å². The summed E-state index contributed by atoms with van der Waals surface area (Å²) < 4.78 is 42.2. The number of sulfonamides is 1. The average Bonchev–Trinajstić information content (AvgIpc) is 3.28. The number of nitriles is 1. The summed E-state index contributed by atoms with van der Waals surface area (Å²) in [5.41, 5.74) is 6.21. The van der Waals surface area contributed by atoms with Crippen LogP contribution in [0.4, 0.5) is 5.69 Å². The van der Waals surface area contributed by atoms with E-state index in [2.05, 4.69) is 16.7 Å². The highest BCUT2D eigenvalue weighted by atomic mass is 35.5. The molecule has 2 aliphatic rings. The summed E-state index contributed by atoms with van der Waals surface area (Å²) >= 11 is 12.2. The standard InChI is InChI=1S/C48H38Cl2N4O8S/c1-28-4-2-3-5-44(28)63(59,60)54-26-36-24-43-40(52-47(56)45(62-43)34-15-17-37(18-16-34)61-27-31-10-19-38(49)39(50)20-31)22-35(36)23-42(54)46(55)53-41(48(57)58)21-29-6-11-32(12-7-29)33-13-8-30(25-51)9-14-33/h2-20,22,24,41-42,45H,21,23,26-27H2,1H3,(H,52,56)(H,53,55)(H,57,58)/t41-,42-,45?/m0/s1. The third-order valence-electron chi connectivity index (χ3n) is 11.0. The number of carboxylic acid groups (broad SMARTS) is 1. The van der Waals surface area contributed by atoms with E-state index in [9.17, 15) is 27.9 Å². The number of amides is 2. The molecule has 0 saturated carbocycles. The lowest BCUT2D eigenvalue weighted by Crippen LogP contribution is -2.55. The average molecular weight is 902 g/mol. The Morgan fingerprint density at radius 2 is 1.59 bits per heavy atom. The van der Waals surface area contributed by atoms with E-state index in [-0.39, 0.29) is 30.9 Å². The van der Waals surface area contributed by atoms with Gasteiger partial charge in [0, 0.05) is 18.5 Å². The molecule has 6 aromatic carbocycles. The first kappa shape index (κ1) is 43.0. The number of anilines is 1. The van der Waals surface area contributed by atoms with E-state index in [0.717, 1.165) is 21.0 Å². The van der Waals surface area contributed by atoms with Crippen molar-refractivity contribution in [1.29, 1.82) is 5.26 Å². The number of ether oxygens (including phenoxy) is 2. The van der Waals surface area contributed by atoms with Crippen molar-refractivity contribution < 1.29 is 37.4 Å². The Bertz CT molecular complexity index is 2900. The Kier molecular flexibility index (Phi) is 12.3. The van der Waals surface area contributed by atoms with Gasteiger partial charge in [0.25, 0.3) is 5.91 Å². The number of carbonyl (C=O) groups is 3. The first-order valence-electron chi connectivity index (χ1n) is 19.8. The van der Waals surface area contributed by atoms with Crippen LogP contribution in [0.2, 0.25) is 10.0 Å². The Balaban J connectivity index is 1.02. The van der Waals surface area contributed by atoms with Gasteiger partial charge in [-0.05, 0) is 107 Å². The minimum Gasteiger partial charge on any atom is -0.489 e. The van der Waals surface area contributed by atoms with Crippen molar-refractivity contribution in [3.63, 3.8) is 0 Å². The van der Waals surface area contributed by atoms with Crippen molar-refractivity contribution >= 4 is 56.7 Å². The van der Waals surface area contributed by atoms with Crippen molar-refractivity contribution in [2.75, 3.05) is 5.32 Å². The highest BCUT2D eigenvalue weighted by Gasteiger charge is 2.42. The summed E-state index contributed by atoms with van der Waals surface area (Å²) in [7, 11) is -4.32. The Morgan fingerprint density at radius 3 is 2.25 bits per heavy atom. The number of benzene rings is 6. The van der Waals surface area contributed by atoms with Crippen LogP contribution in [0.1, 0.15) is 45.0 Å². The number of hydrogen-bond donors (Lipinski definition) is 3. The molecule has 0 aliphatic carbocycles. The lowest BCUT2D eigenvalue weighted by molar-refractivity contribution is -0.142. The molecule has 2 amide bonds. The van der Waals surface area contributed by atoms with Crippen LogP contribution in [0, 0.1) is 18.3 Å². The van der Waals surface area contributed by atoms with Crippen molar-refractivity contribution in [3.8, 4) is 28.7 Å². The molecule has 63 heavy (non-hydrogen) atoms. The van der Waals surface area contributed by atoms with E-state index >= 15 is 0 Å². The molecule has 2 heterocycles. The Labute approximate surface area is 373 Å². The molecular formula is C48H38Cl2N4O8S. The van der Waals surface area contributed by atoms with Gasteiger partial charge >= 0.3 is 5.97 Å². The molecule has 12 nitrogen and oxygen atoms in total. The van der Waals surface area contributed by atoms with Gasteiger partial charge in [0.1, 0.15) is 30.2 Å². The molecular weight excluding hydrogens is 864 g/mol. The third kappa shape index (κ3) is 9.26. The maximum atomic E-state index is 14.5. The number of aryl methyl sites for hydroxylation is 1. The van der Waals surface area contributed by atoms with Crippen LogP contribution in [0.25, 0.3) is 11.1 Å². The summed E-state index contributed by atoms with van der Waals surface area (Å²) in [6.07, 6.45) is -1.22. The van der Waals surface area contributed by atoms with Gasteiger partial charge < -0.3 is 25.2 Å². The van der Waals surface area contributed by atoms with Crippen molar-refractivity contribution in [2.24, 2.45) is 0 Å². The maximum absolute atomic E-state index is 14.5. The SMILES string of the molecule is Cc1ccccc1S(=O)(=O)N1Cc2cc3c(cc2C[C@H]1C(=O)N[C@@H](Cc1ccc(-c2ccc(C#N)cc2)cc1)C(=O)O)NC(=O)C(c1ccc(OCc2ccc(Cl)c(Cl)c2)cc1)O3. The van der Waals surface area contributed by atoms with E-state index in [4.69, 9.17) is 37.9 Å². The summed E-state index contributed by atoms with van der Waals surface area (Å²) in [5, 5.41) is 25.8. The molecule has 318 valence electrons. The quantitative estimate of drug-likeness (QED) is 0.109. The number of nitrogens with one attached hydrogen (secondary N) is 2. The van der Waals surface area contributed by atoms with Crippen LogP contribution in [-0.2, 0) is 50.4 Å². The predicted molar refractivity (Wildman–Crippen MR) is 237 cm³/mol. The smallest absolute Gasteiger partial charge is 0.326 e. The second-order valence-corrected chi connectivity index (χ2v) is 17.9. The highest BCUT2D eigenvalue weighted by molar-refractivity contribution is 7.89. The van der Waals surface area contributed by atoms with Gasteiger partial charge in [-0.25, -0.2) is 13.2 Å². The molecule has 0 bridgehead atoms. The van der Waals surface area contributed by atoms with Crippen molar-refractivity contribution in [2.45, 2.75) is 56.0 Å². The predicted octanol–water partition coefficient (Wildman–Crippen LogP) is 8.42. The monoisotopic (exact) mass is 900 g/mol. The lowest BCUT2D eigenvalue weighted by Gasteiger charge is -2.37. The van der Waals surface area contributed by atoms with Gasteiger partial charge in [0.2, 0.25) is 22.0 Å². The van der Waals surface area contributed by atoms with Gasteiger partial charge in [0.05, 0.1) is 32.3 Å². The van der Waals surface area contributed by atoms with Crippen LogP contribution < -0.4 is 20.1 Å². The second kappa shape index (κ2) is 18.0. The Hall–Kier alpha value is -6.69. The Morgan fingerprint density at radius 1 is 0.905 bits per heavy atom. The molecule has 1 unspecified atom stereocenters. The zero-order chi connectivity index (χ0) is 44.4. The first-order valence-corrected chi connectivity index (χ1v) is 22.0. The van der Waals surface area contributed by atoms with E-state index in [1.54, 1.807) is 97.9 Å². The number of rotatable bonds is 12. The fourth-order valence-electron chi connectivity index (χ4n) is 7.64. The van der Waals surface area contributed by atoms with E-state index in [0.29, 0.717) is 60.6 Å². The molecule has 8 rings (SSSR count). The fourth-order valence-corrected chi connectivity index (χ4v) is 9.76. The number of halogens is 2. The number of fused-ring (bicyclic) bond motifs is 2. The number of aliphatic carboxylic acids is 1. The van der Waals surface area contributed by atoms with Gasteiger partial charge in [-0.1, -0.05) is 96.0 Å². The summed E-state index contributed by atoms with van der Waals surface area (Å²) in [5.74, 6) is -1.66. The van der Waals surface area contributed by atoms with Gasteiger partial charge in [-0.15, -0.1) is 0 Å². The third-order valence-corrected chi connectivity index (χ3v) is 13.8. The maximum Gasteiger partial charge on any atom is 0.326 e. The van der Waals surface area contributed by atoms with Crippen LogP contribution in [0.3, 0.4) is 0 Å². The summed E-state index contributed by atoms with van der Waals surface area (Å²) in [6.45, 7) is 1.67. The summed E-state index contributed by atoms with van der Waals surface area (Å²) in [6, 6.07) is 35.5. The second-order valence-electron chi connectivity index (χ2n) is 15.2. The van der Waals surface area contributed by atoms with Gasteiger partial charge in [-0.3, -0.25) is 9.59 Å². The highest BCUT2D eigenvalue weighted by Crippen LogP contribution is 2.41. The normalized spacial score (nSPS) is 16.3. The van der Waals surface area contributed by atoms with Crippen LogP contribution in [0.15, 0.2) is 132 Å². The van der Waals surface area contributed by atoms with Crippen LogP contribution >= 0.6 is 23.2 Å². The molecule has 3 atom stereocenters. The zero-order valence-corrected chi connectivity index (χ0v) is 35.9. The largest absolute Gasteiger partial charge is 0.489 e. The minimum atomic E-state index is -4.32. The fraction of sp³-hybridized carbons (Fsp3) is 0.167. The zero-order valence-electron chi connectivity index (χ0n) is 33.5. The molecule has 2 aliphatic heterocycles. The molecule has 6 aromatic rings. The van der Waals surface area contributed by atoms with E-state index in [1.807, 2.05) is 30.3 Å². The number of hydrogen-bond acceptors (Lipinski definition) is 8.